The summed E-state index contributed by atoms with van der Waals surface area (Å²) in [5.41, 5.74) is 0. The topological polar surface area (TPSA) is 44.7 Å². The smallest absolute Gasteiger partial charge is 0.244 e. The molecular weight excluding hydrogens is 222 g/mol. The molecule has 88 valence electrons. The third-order valence-corrected chi connectivity index (χ3v) is 4.86. The van der Waals surface area contributed by atoms with Crippen molar-refractivity contribution in [2.24, 2.45) is 10.9 Å². The number of likely N-dealkylation sites (N-methyl/N-ethyl adjacent to an activating group) is 1. The standard InChI is InChI=1S/C11H17N3OS/c1-14-5-4-8(10(14)15)13-11-12-6-9(16-11)7-2-3-7/h7-9H,2-6H2,1H3,(H,12,13). The Morgan fingerprint density at radius 2 is 2.25 bits per heavy atom. The first kappa shape index (κ1) is 10.4. The maximum atomic E-state index is 11.7. The first-order valence-electron chi connectivity index (χ1n) is 5.96. The summed E-state index contributed by atoms with van der Waals surface area (Å²) in [7, 11) is 1.86. The molecule has 3 aliphatic rings. The lowest BCUT2D eigenvalue weighted by atomic mass is 10.2. The molecule has 5 heteroatoms. The third kappa shape index (κ3) is 1.93. The minimum atomic E-state index is -0.0331. The Morgan fingerprint density at radius 1 is 1.44 bits per heavy atom. The Morgan fingerprint density at radius 3 is 2.88 bits per heavy atom. The molecule has 2 heterocycles. The molecule has 0 aromatic carbocycles. The summed E-state index contributed by atoms with van der Waals surface area (Å²) >= 11 is 1.84. The van der Waals surface area contributed by atoms with Gasteiger partial charge >= 0.3 is 0 Å². The van der Waals surface area contributed by atoms with E-state index in [1.807, 2.05) is 18.8 Å². The Bertz CT molecular complexity index is 340. The van der Waals surface area contributed by atoms with Crippen molar-refractivity contribution < 1.29 is 4.79 Å². The van der Waals surface area contributed by atoms with E-state index in [4.69, 9.17) is 0 Å². The summed E-state index contributed by atoms with van der Waals surface area (Å²) in [5.74, 6) is 1.09. The number of nitrogens with zero attached hydrogens (tertiary/aromatic N) is 2. The fourth-order valence-electron chi connectivity index (χ4n) is 2.29. The van der Waals surface area contributed by atoms with Gasteiger partial charge in [-0.1, -0.05) is 11.8 Å². The van der Waals surface area contributed by atoms with Gasteiger partial charge in [0.1, 0.15) is 6.04 Å². The van der Waals surface area contributed by atoms with E-state index in [2.05, 4.69) is 10.3 Å². The lowest BCUT2D eigenvalue weighted by molar-refractivity contribution is -0.127. The van der Waals surface area contributed by atoms with Crippen LogP contribution in [0.5, 0.6) is 0 Å². The Kier molecular flexibility index (Phi) is 2.58. The van der Waals surface area contributed by atoms with Crippen molar-refractivity contribution in [2.45, 2.75) is 30.6 Å². The highest BCUT2D eigenvalue weighted by molar-refractivity contribution is 8.14. The minimum Gasteiger partial charge on any atom is -0.353 e. The predicted molar refractivity (Wildman–Crippen MR) is 65.6 cm³/mol. The van der Waals surface area contributed by atoms with Crippen molar-refractivity contribution in [3.63, 3.8) is 0 Å². The summed E-state index contributed by atoms with van der Waals surface area (Å²) in [5, 5.41) is 4.96. The van der Waals surface area contributed by atoms with E-state index in [0.29, 0.717) is 5.25 Å². The van der Waals surface area contributed by atoms with Gasteiger partial charge in [0.2, 0.25) is 5.91 Å². The van der Waals surface area contributed by atoms with Gasteiger partial charge in [-0.15, -0.1) is 0 Å². The number of amidine groups is 1. The van der Waals surface area contributed by atoms with Crippen LogP contribution < -0.4 is 5.32 Å². The average molecular weight is 239 g/mol. The van der Waals surface area contributed by atoms with Gasteiger partial charge < -0.3 is 10.2 Å². The van der Waals surface area contributed by atoms with Gasteiger partial charge in [-0.3, -0.25) is 9.79 Å². The number of aliphatic imine (C=N–C) groups is 1. The van der Waals surface area contributed by atoms with E-state index in [-0.39, 0.29) is 11.9 Å². The fraction of sp³-hybridized carbons (Fsp3) is 0.818. The summed E-state index contributed by atoms with van der Waals surface area (Å²) in [4.78, 5) is 18.0. The summed E-state index contributed by atoms with van der Waals surface area (Å²) in [6.07, 6.45) is 3.64. The van der Waals surface area contributed by atoms with E-state index in [9.17, 15) is 4.79 Å². The number of amides is 1. The Hall–Kier alpha value is -0.710. The lowest BCUT2D eigenvalue weighted by Gasteiger charge is -2.13. The first-order valence-corrected chi connectivity index (χ1v) is 6.84. The number of likely N-dealkylation sites (tertiary alicyclic amines) is 1. The average Bonchev–Trinajstić information content (AvgIpc) is 2.96. The SMILES string of the molecule is CN1CCC(NC2=NCC(C3CC3)S2)C1=O. The van der Waals surface area contributed by atoms with Gasteiger partial charge in [0.25, 0.3) is 0 Å². The number of hydrogen-bond acceptors (Lipinski definition) is 4. The van der Waals surface area contributed by atoms with Crippen LogP contribution in [-0.2, 0) is 4.79 Å². The van der Waals surface area contributed by atoms with Crippen LogP contribution in [0, 0.1) is 5.92 Å². The molecule has 3 rings (SSSR count). The molecule has 1 saturated heterocycles. The largest absolute Gasteiger partial charge is 0.353 e. The molecular formula is C11H17N3OS. The van der Waals surface area contributed by atoms with Crippen LogP contribution in [0.1, 0.15) is 19.3 Å². The Labute approximate surface area is 99.9 Å². The van der Waals surface area contributed by atoms with Crippen molar-refractivity contribution in [1.82, 2.24) is 10.2 Å². The molecule has 2 atom stereocenters. The van der Waals surface area contributed by atoms with Crippen molar-refractivity contribution in [2.75, 3.05) is 20.1 Å². The first-order chi connectivity index (χ1) is 7.74. The number of thioether (sulfide) groups is 1. The maximum Gasteiger partial charge on any atom is 0.244 e. The zero-order valence-electron chi connectivity index (χ0n) is 9.48. The predicted octanol–water partition coefficient (Wildman–Crippen LogP) is 0.688. The Balaban J connectivity index is 1.54. The molecule has 2 aliphatic heterocycles. The molecule has 1 N–H and O–H groups in total. The van der Waals surface area contributed by atoms with Gasteiger partial charge in [0.15, 0.2) is 5.17 Å². The zero-order chi connectivity index (χ0) is 11.1. The van der Waals surface area contributed by atoms with Gasteiger partial charge in [-0.25, -0.2) is 0 Å². The number of hydrogen-bond donors (Lipinski definition) is 1. The molecule has 2 unspecified atom stereocenters. The van der Waals surface area contributed by atoms with E-state index >= 15 is 0 Å². The quantitative estimate of drug-likeness (QED) is 0.771. The lowest BCUT2D eigenvalue weighted by Crippen LogP contribution is -2.39. The minimum absolute atomic E-state index is 0.0331. The highest BCUT2D eigenvalue weighted by atomic mass is 32.2. The molecule has 1 amide bonds. The molecule has 0 spiro atoms. The monoisotopic (exact) mass is 239 g/mol. The van der Waals surface area contributed by atoms with Crippen LogP contribution in [0.25, 0.3) is 0 Å². The van der Waals surface area contributed by atoms with Crippen molar-refractivity contribution in [3.05, 3.63) is 0 Å². The highest BCUT2D eigenvalue weighted by Gasteiger charge is 2.37. The summed E-state index contributed by atoms with van der Waals surface area (Å²) < 4.78 is 0. The van der Waals surface area contributed by atoms with E-state index in [1.165, 1.54) is 12.8 Å². The zero-order valence-corrected chi connectivity index (χ0v) is 10.3. The van der Waals surface area contributed by atoms with Crippen LogP contribution in [0.3, 0.4) is 0 Å². The molecule has 1 saturated carbocycles. The molecule has 0 aromatic rings. The van der Waals surface area contributed by atoms with Crippen LogP contribution in [0.15, 0.2) is 4.99 Å². The van der Waals surface area contributed by atoms with Gasteiger partial charge in [0.05, 0.1) is 6.54 Å². The maximum absolute atomic E-state index is 11.7. The van der Waals surface area contributed by atoms with Crippen LogP contribution in [0.4, 0.5) is 0 Å². The number of carbonyl (C=O) groups excluding carboxylic acids is 1. The third-order valence-electron chi connectivity index (χ3n) is 3.55. The van der Waals surface area contributed by atoms with Crippen molar-refractivity contribution in [3.8, 4) is 0 Å². The molecule has 1 aliphatic carbocycles. The van der Waals surface area contributed by atoms with Gasteiger partial charge in [-0.05, 0) is 25.2 Å². The van der Waals surface area contributed by atoms with Crippen molar-refractivity contribution in [1.29, 1.82) is 0 Å². The van der Waals surface area contributed by atoms with E-state index in [0.717, 1.165) is 30.6 Å². The van der Waals surface area contributed by atoms with Crippen LogP contribution >= 0.6 is 11.8 Å². The highest BCUT2D eigenvalue weighted by Crippen LogP contribution is 2.41. The van der Waals surface area contributed by atoms with E-state index in [1.54, 1.807) is 4.90 Å². The molecule has 2 fully saturated rings. The second-order valence-corrected chi connectivity index (χ2v) is 6.11. The molecule has 4 nitrogen and oxygen atoms in total. The van der Waals surface area contributed by atoms with Crippen molar-refractivity contribution >= 4 is 22.8 Å². The van der Waals surface area contributed by atoms with Gasteiger partial charge in [-0.2, -0.15) is 0 Å². The number of nitrogens with one attached hydrogen (secondary N) is 1. The second kappa shape index (κ2) is 3.95. The number of rotatable bonds is 2. The molecule has 0 radical (unpaired) electrons. The fourth-order valence-corrected chi connectivity index (χ4v) is 3.55. The van der Waals surface area contributed by atoms with Crippen LogP contribution in [0.2, 0.25) is 0 Å². The molecule has 0 aromatic heterocycles. The number of carbonyl (C=O) groups is 1. The van der Waals surface area contributed by atoms with Crippen LogP contribution in [-0.4, -0.2) is 47.4 Å². The summed E-state index contributed by atoms with van der Waals surface area (Å²) in [6, 6.07) is -0.0331. The normalized spacial score (nSPS) is 34.4. The van der Waals surface area contributed by atoms with Gasteiger partial charge in [0, 0.05) is 18.8 Å². The van der Waals surface area contributed by atoms with E-state index < -0.39 is 0 Å². The molecule has 16 heavy (non-hydrogen) atoms. The second-order valence-electron chi connectivity index (χ2n) is 4.88. The summed E-state index contributed by atoms with van der Waals surface area (Å²) in [6.45, 7) is 1.80. The molecule has 0 bridgehead atoms.